The van der Waals surface area contributed by atoms with Crippen LogP contribution in [0.2, 0.25) is 5.02 Å². The van der Waals surface area contributed by atoms with Gasteiger partial charge in [0.1, 0.15) is 0 Å². The van der Waals surface area contributed by atoms with Crippen molar-refractivity contribution in [2.24, 2.45) is 11.3 Å². The van der Waals surface area contributed by atoms with Crippen LogP contribution in [0.1, 0.15) is 72.5 Å². The zero-order valence-corrected chi connectivity index (χ0v) is 15.3. The van der Waals surface area contributed by atoms with Gasteiger partial charge in [-0.1, -0.05) is 53.1 Å². The number of halogens is 1. The van der Waals surface area contributed by atoms with Crippen molar-refractivity contribution in [2.45, 2.75) is 73.4 Å². The van der Waals surface area contributed by atoms with Gasteiger partial charge in [0.05, 0.1) is 23.0 Å². The largest absolute Gasteiger partial charge is 0.309 e. The van der Waals surface area contributed by atoms with Crippen molar-refractivity contribution >= 4 is 11.6 Å². The molecule has 0 saturated heterocycles. The van der Waals surface area contributed by atoms with E-state index in [9.17, 15) is 0 Å². The number of aromatic nitrogens is 2. The molecule has 0 saturated carbocycles. The van der Waals surface area contributed by atoms with Crippen LogP contribution in [0.3, 0.4) is 0 Å². The normalized spacial score (nSPS) is 15.2. The van der Waals surface area contributed by atoms with E-state index >= 15 is 0 Å². The molecule has 1 aromatic heterocycles. The summed E-state index contributed by atoms with van der Waals surface area (Å²) < 4.78 is 2.07. The van der Waals surface area contributed by atoms with Crippen LogP contribution in [0.25, 0.3) is 0 Å². The monoisotopic (exact) mass is 313 g/mol. The van der Waals surface area contributed by atoms with Crippen LogP contribution in [0, 0.1) is 11.3 Å². The minimum atomic E-state index is 0.286. The molecule has 21 heavy (non-hydrogen) atoms. The van der Waals surface area contributed by atoms with Crippen molar-refractivity contribution in [1.29, 1.82) is 0 Å². The Hall–Kier alpha value is -0.540. The molecule has 0 aliphatic rings. The summed E-state index contributed by atoms with van der Waals surface area (Å²) in [6.07, 6.45) is 5.17. The molecular formula is C17H32ClN3. The lowest BCUT2D eigenvalue weighted by molar-refractivity contribution is 0.272. The van der Waals surface area contributed by atoms with Gasteiger partial charge in [-0.3, -0.25) is 4.68 Å². The maximum Gasteiger partial charge on any atom is 0.0834 e. The van der Waals surface area contributed by atoms with Gasteiger partial charge < -0.3 is 5.32 Å². The van der Waals surface area contributed by atoms with E-state index in [1.807, 2.05) is 0 Å². The average Bonchev–Trinajstić information content (AvgIpc) is 2.68. The summed E-state index contributed by atoms with van der Waals surface area (Å²) in [6.45, 7) is 15.4. The van der Waals surface area contributed by atoms with Crippen molar-refractivity contribution in [3.05, 3.63) is 16.9 Å². The maximum atomic E-state index is 6.40. The van der Waals surface area contributed by atoms with Gasteiger partial charge in [-0.25, -0.2) is 0 Å². The summed E-state index contributed by atoms with van der Waals surface area (Å²) >= 11 is 6.40. The average molecular weight is 314 g/mol. The number of rotatable bonds is 8. The molecule has 1 N–H and O–H groups in total. The topological polar surface area (TPSA) is 29.9 Å². The van der Waals surface area contributed by atoms with Gasteiger partial charge >= 0.3 is 0 Å². The molecule has 0 aliphatic heterocycles. The van der Waals surface area contributed by atoms with E-state index in [4.69, 9.17) is 11.6 Å². The molecular weight excluding hydrogens is 282 g/mol. The lowest BCUT2D eigenvalue weighted by Gasteiger charge is -2.27. The smallest absolute Gasteiger partial charge is 0.0834 e. The number of nitrogens with zero attached hydrogens (tertiary/aromatic N) is 2. The highest BCUT2D eigenvalue weighted by molar-refractivity contribution is 6.31. The number of aryl methyl sites for hydroxylation is 1. The van der Waals surface area contributed by atoms with Gasteiger partial charge in [0.25, 0.3) is 0 Å². The second-order valence-electron chi connectivity index (χ2n) is 7.32. The van der Waals surface area contributed by atoms with Crippen LogP contribution in [0.15, 0.2) is 6.20 Å². The third kappa shape index (κ3) is 5.99. The Labute approximate surface area is 135 Å². The van der Waals surface area contributed by atoms with E-state index < -0.39 is 0 Å². The molecule has 0 radical (unpaired) electrons. The summed E-state index contributed by atoms with van der Waals surface area (Å²) in [5.41, 5.74) is 1.52. The summed E-state index contributed by atoms with van der Waals surface area (Å²) in [5, 5.41) is 8.82. The highest BCUT2D eigenvalue weighted by atomic mass is 35.5. The third-order valence-corrected chi connectivity index (χ3v) is 3.94. The summed E-state index contributed by atoms with van der Waals surface area (Å²) in [6, 6.07) is 0.286. The van der Waals surface area contributed by atoms with Crippen LogP contribution in [0.5, 0.6) is 0 Å². The first-order chi connectivity index (χ1) is 9.78. The van der Waals surface area contributed by atoms with Gasteiger partial charge in [-0.05, 0) is 37.1 Å². The fourth-order valence-electron chi connectivity index (χ4n) is 3.18. The third-order valence-electron chi connectivity index (χ3n) is 3.65. The molecule has 0 aromatic carbocycles. The lowest BCUT2D eigenvalue weighted by Crippen LogP contribution is -2.27. The van der Waals surface area contributed by atoms with Gasteiger partial charge in [-0.2, -0.15) is 5.10 Å². The van der Waals surface area contributed by atoms with Crippen LogP contribution < -0.4 is 5.32 Å². The van der Waals surface area contributed by atoms with Crippen LogP contribution in [-0.4, -0.2) is 16.3 Å². The second-order valence-corrected chi connectivity index (χ2v) is 7.72. The first kappa shape index (κ1) is 18.5. The number of nitrogens with one attached hydrogen (secondary N) is 1. The molecule has 0 aliphatic carbocycles. The summed E-state index contributed by atoms with van der Waals surface area (Å²) in [4.78, 5) is 0. The molecule has 2 unspecified atom stereocenters. The Morgan fingerprint density at radius 2 is 2.00 bits per heavy atom. The molecule has 3 nitrogen and oxygen atoms in total. The quantitative estimate of drug-likeness (QED) is 0.727. The van der Waals surface area contributed by atoms with Gasteiger partial charge in [0.2, 0.25) is 0 Å². The van der Waals surface area contributed by atoms with Crippen LogP contribution >= 0.6 is 11.6 Å². The predicted octanol–water partition coefficient (Wildman–Crippen LogP) is 5.06. The molecule has 0 bridgehead atoms. The molecule has 0 amide bonds. The van der Waals surface area contributed by atoms with Crippen molar-refractivity contribution in [1.82, 2.24) is 15.1 Å². The Morgan fingerprint density at radius 1 is 1.33 bits per heavy atom. The van der Waals surface area contributed by atoms with E-state index in [-0.39, 0.29) is 6.04 Å². The molecule has 4 heteroatoms. The zero-order chi connectivity index (χ0) is 16.0. The van der Waals surface area contributed by atoms with Gasteiger partial charge in [0, 0.05) is 6.54 Å². The van der Waals surface area contributed by atoms with E-state index in [0.29, 0.717) is 11.3 Å². The zero-order valence-electron chi connectivity index (χ0n) is 14.5. The van der Waals surface area contributed by atoms with Crippen molar-refractivity contribution in [3.63, 3.8) is 0 Å². The van der Waals surface area contributed by atoms with Gasteiger partial charge in [0.15, 0.2) is 0 Å². The molecule has 122 valence electrons. The SMILES string of the molecule is CCCn1ncc(Cl)c1C(CC(C)CC(C)(C)C)NCC. The summed E-state index contributed by atoms with van der Waals surface area (Å²) in [7, 11) is 0. The van der Waals surface area contributed by atoms with Crippen molar-refractivity contribution in [3.8, 4) is 0 Å². The lowest BCUT2D eigenvalue weighted by atomic mass is 9.82. The fourth-order valence-corrected chi connectivity index (χ4v) is 3.45. The second kappa shape index (κ2) is 8.19. The van der Waals surface area contributed by atoms with E-state index in [0.717, 1.165) is 36.6 Å². The molecule has 1 rings (SSSR count). The Kier molecular flexibility index (Phi) is 7.22. The van der Waals surface area contributed by atoms with Crippen molar-refractivity contribution in [2.75, 3.05) is 6.54 Å². The minimum Gasteiger partial charge on any atom is -0.309 e. The first-order valence-electron chi connectivity index (χ1n) is 8.23. The predicted molar refractivity (Wildman–Crippen MR) is 91.8 cm³/mol. The van der Waals surface area contributed by atoms with Gasteiger partial charge in [-0.15, -0.1) is 0 Å². The van der Waals surface area contributed by atoms with Crippen LogP contribution in [-0.2, 0) is 6.54 Å². The number of hydrogen-bond acceptors (Lipinski definition) is 2. The highest BCUT2D eigenvalue weighted by Crippen LogP contribution is 2.33. The Balaban J connectivity index is 2.88. The Morgan fingerprint density at radius 3 is 2.52 bits per heavy atom. The van der Waals surface area contributed by atoms with Crippen LogP contribution in [0.4, 0.5) is 0 Å². The Bertz CT molecular complexity index is 420. The molecule has 0 spiro atoms. The molecule has 2 atom stereocenters. The first-order valence-corrected chi connectivity index (χ1v) is 8.60. The minimum absolute atomic E-state index is 0.286. The van der Waals surface area contributed by atoms with E-state index in [2.05, 4.69) is 56.6 Å². The molecule has 1 aromatic rings. The summed E-state index contributed by atoms with van der Waals surface area (Å²) in [5.74, 6) is 0.648. The number of hydrogen-bond donors (Lipinski definition) is 1. The standard InChI is InChI=1S/C17H32ClN3/c1-7-9-21-16(14(18)12-20-21)15(19-8-2)10-13(3)11-17(4,5)6/h12-13,15,19H,7-11H2,1-6H3. The highest BCUT2D eigenvalue weighted by Gasteiger charge is 2.24. The van der Waals surface area contributed by atoms with E-state index in [1.54, 1.807) is 6.20 Å². The van der Waals surface area contributed by atoms with Crippen molar-refractivity contribution < 1.29 is 0 Å². The molecule has 1 heterocycles. The van der Waals surface area contributed by atoms with E-state index in [1.165, 1.54) is 6.42 Å². The molecule has 0 fully saturated rings. The fraction of sp³-hybridized carbons (Fsp3) is 0.824. The maximum absolute atomic E-state index is 6.40.